The first kappa shape index (κ1) is 14.5. The SMILES string of the molecule is O=C(c1ccc(=O)[nH]n1)N1CCC[C@H]1CCc1ccccc1. The Balaban J connectivity index is 1.66. The molecule has 3 rings (SSSR count). The second-order valence-corrected chi connectivity index (χ2v) is 5.63. The lowest BCUT2D eigenvalue weighted by Gasteiger charge is -2.24. The van der Waals surface area contributed by atoms with Crippen molar-refractivity contribution in [2.24, 2.45) is 0 Å². The summed E-state index contributed by atoms with van der Waals surface area (Å²) in [6, 6.07) is 13.4. The number of H-pyrrole nitrogens is 1. The number of carbonyl (C=O) groups is 1. The highest BCUT2D eigenvalue weighted by atomic mass is 16.2. The second-order valence-electron chi connectivity index (χ2n) is 5.63. The summed E-state index contributed by atoms with van der Waals surface area (Å²) in [6.07, 6.45) is 3.98. The van der Waals surface area contributed by atoms with Crippen molar-refractivity contribution in [2.45, 2.75) is 31.7 Å². The average molecular weight is 297 g/mol. The Morgan fingerprint density at radius 1 is 1.23 bits per heavy atom. The van der Waals surface area contributed by atoms with E-state index in [-0.39, 0.29) is 17.5 Å². The van der Waals surface area contributed by atoms with E-state index in [1.165, 1.54) is 17.7 Å². The van der Waals surface area contributed by atoms with Crippen LogP contribution in [0.15, 0.2) is 47.3 Å². The van der Waals surface area contributed by atoms with Crippen molar-refractivity contribution < 1.29 is 4.79 Å². The first-order valence-corrected chi connectivity index (χ1v) is 7.64. The number of benzene rings is 1. The van der Waals surface area contributed by atoms with Crippen molar-refractivity contribution in [1.82, 2.24) is 15.1 Å². The number of hydrogen-bond acceptors (Lipinski definition) is 3. The van der Waals surface area contributed by atoms with Crippen LogP contribution in [-0.4, -0.2) is 33.6 Å². The Hall–Kier alpha value is -2.43. The predicted octanol–water partition coefficient (Wildman–Crippen LogP) is 2.01. The van der Waals surface area contributed by atoms with Crippen LogP contribution < -0.4 is 5.56 Å². The van der Waals surface area contributed by atoms with Gasteiger partial charge in [0, 0.05) is 18.7 Å². The number of carbonyl (C=O) groups excluding carboxylic acids is 1. The lowest BCUT2D eigenvalue weighted by Crippen LogP contribution is -2.36. The lowest BCUT2D eigenvalue weighted by molar-refractivity contribution is 0.0723. The zero-order valence-corrected chi connectivity index (χ0v) is 12.4. The fourth-order valence-corrected chi connectivity index (χ4v) is 2.99. The van der Waals surface area contributed by atoms with Crippen molar-refractivity contribution in [3.63, 3.8) is 0 Å². The Morgan fingerprint density at radius 2 is 2.05 bits per heavy atom. The van der Waals surface area contributed by atoms with E-state index in [4.69, 9.17) is 0 Å². The van der Waals surface area contributed by atoms with Gasteiger partial charge in [-0.15, -0.1) is 0 Å². The van der Waals surface area contributed by atoms with Crippen molar-refractivity contribution >= 4 is 5.91 Å². The molecule has 1 aromatic carbocycles. The summed E-state index contributed by atoms with van der Waals surface area (Å²) >= 11 is 0. The molecule has 1 aromatic heterocycles. The van der Waals surface area contributed by atoms with Crippen LogP contribution in [0.3, 0.4) is 0 Å². The van der Waals surface area contributed by atoms with E-state index in [0.29, 0.717) is 5.69 Å². The molecule has 5 nitrogen and oxygen atoms in total. The Morgan fingerprint density at radius 3 is 2.77 bits per heavy atom. The van der Waals surface area contributed by atoms with Crippen molar-refractivity contribution in [1.29, 1.82) is 0 Å². The number of nitrogens with one attached hydrogen (secondary N) is 1. The minimum Gasteiger partial charge on any atom is -0.334 e. The van der Waals surface area contributed by atoms with Gasteiger partial charge in [0.1, 0.15) is 5.69 Å². The molecule has 0 saturated carbocycles. The summed E-state index contributed by atoms with van der Waals surface area (Å²) in [5, 5.41) is 6.17. The van der Waals surface area contributed by atoms with Crippen LogP contribution in [0.4, 0.5) is 0 Å². The van der Waals surface area contributed by atoms with Gasteiger partial charge >= 0.3 is 0 Å². The van der Waals surface area contributed by atoms with Crippen LogP contribution in [0, 0.1) is 0 Å². The van der Waals surface area contributed by atoms with Crippen molar-refractivity contribution in [2.75, 3.05) is 6.54 Å². The summed E-state index contributed by atoms with van der Waals surface area (Å²) in [7, 11) is 0. The maximum atomic E-state index is 12.5. The number of nitrogens with zero attached hydrogens (tertiary/aromatic N) is 2. The van der Waals surface area contributed by atoms with Gasteiger partial charge in [0.05, 0.1) is 0 Å². The number of aromatic amines is 1. The van der Waals surface area contributed by atoms with Crippen LogP contribution in [-0.2, 0) is 6.42 Å². The van der Waals surface area contributed by atoms with Crippen LogP contribution in [0.5, 0.6) is 0 Å². The van der Waals surface area contributed by atoms with Crippen molar-refractivity contribution in [3.8, 4) is 0 Å². The predicted molar refractivity (Wildman–Crippen MR) is 83.7 cm³/mol. The van der Waals surface area contributed by atoms with E-state index in [1.807, 2.05) is 23.1 Å². The third-order valence-electron chi connectivity index (χ3n) is 4.15. The van der Waals surface area contributed by atoms with Gasteiger partial charge in [-0.25, -0.2) is 5.10 Å². The van der Waals surface area contributed by atoms with Gasteiger partial charge in [-0.2, -0.15) is 5.10 Å². The molecule has 0 unspecified atom stereocenters. The summed E-state index contributed by atoms with van der Waals surface area (Å²) < 4.78 is 0. The van der Waals surface area contributed by atoms with Gasteiger partial charge in [0.2, 0.25) is 0 Å². The van der Waals surface area contributed by atoms with E-state index >= 15 is 0 Å². The maximum Gasteiger partial charge on any atom is 0.274 e. The fraction of sp³-hybridized carbons (Fsp3) is 0.353. The summed E-state index contributed by atoms with van der Waals surface area (Å²) in [6.45, 7) is 0.763. The zero-order valence-electron chi connectivity index (χ0n) is 12.4. The molecule has 5 heteroatoms. The minimum atomic E-state index is -0.293. The molecule has 0 aliphatic carbocycles. The highest BCUT2D eigenvalue weighted by Crippen LogP contribution is 2.23. The molecule has 0 radical (unpaired) electrons. The number of likely N-dealkylation sites (tertiary alicyclic amines) is 1. The number of rotatable bonds is 4. The van der Waals surface area contributed by atoms with E-state index in [1.54, 1.807) is 0 Å². The Labute approximate surface area is 129 Å². The van der Waals surface area contributed by atoms with Gasteiger partial charge in [-0.05, 0) is 37.3 Å². The molecule has 0 bridgehead atoms. The Bertz CT molecular complexity index is 676. The smallest absolute Gasteiger partial charge is 0.274 e. The van der Waals surface area contributed by atoms with Gasteiger partial charge in [-0.1, -0.05) is 30.3 Å². The monoisotopic (exact) mass is 297 g/mol. The van der Waals surface area contributed by atoms with Crippen LogP contribution in [0.2, 0.25) is 0 Å². The van der Waals surface area contributed by atoms with Crippen LogP contribution in [0.25, 0.3) is 0 Å². The quantitative estimate of drug-likeness (QED) is 0.938. The molecule has 2 heterocycles. The number of aryl methyl sites for hydroxylation is 1. The minimum absolute atomic E-state index is 0.0909. The highest BCUT2D eigenvalue weighted by molar-refractivity contribution is 5.92. The summed E-state index contributed by atoms with van der Waals surface area (Å²) in [5.41, 5.74) is 1.31. The highest BCUT2D eigenvalue weighted by Gasteiger charge is 2.29. The second kappa shape index (κ2) is 6.56. The molecule has 0 spiro atoms. The molecule has 1 saturated heterocycles. The fourth-order valence-electron chi connectivity index (χ4n) is 2.99. The molecule has 22 heavy (non-hydrogen) atoms. The zero-order chi connectivity index (χ0) is 15.4. The molecule has 1 fully saturated rings. The standard InChI is InChI=1S/C17H19N3O2/c21-16-11-10-15(18-19-16)17(22)20-12-4-7-14(20)9-8-13-5-2-1-3-6-13/h1-3,5-6,10-11,14H,4,7-9,12H2,(H,19,21)/t14-/m0/s1. The number of amides is 1. The normalized spacial score (nSPS) is 17.6. The molecule has 114 valence electrons. The molecule has 1 amide bonds. The molecule has 2 aromatic rings. The molecular weight excluding hydrogens is 278 g/mol. The topological polar surface area (TPSA) is 66.1 Å². The molecule has 1 aliphatic rings. The largest absolute Gasteiger partial charge is 0.334 e. The number of hydrogen-bond donors (Lipinski definition) is 1. The first-order chi connectivity index (χ1) is 10.7. The van der Waals surface area contributed by atoms with E-state index in [9.17, 15) is 9.59 Å². The first-order valence-electron chi connectivity index (χ1n) is 7.64. The van der Waals surface area contributed by atoms with Gasteiger partial charge in [0.25, 0.3) is 11.5 Å². The van der Waals surface area contributed by atoms with Crippen LogP contribution in [0.1, 0.15) is 35.3 Å². The third-order valence-corrected chi connectivity index (χ3v) is 4.15. The van der Waals surface area contributed by atoms with Gasteiger partial charge < -0.3 is 4.90 Å². The molecule has 1 atom stereocenters. The Kier molecular flexibility index (Phi) is 4.32. The summed E-state index contributed by atoms with van der Waals surface area (Å²) in [4.78, 5) is 25.5. The van der Waals surface area contributed by atoms with Gasteiger partial charge in [-0.3, -0.25) is 9.59 Å². The van der Waals surface area contributed by atoms with Crippen LogP contribution >= 0.6 is 0 Å². The third kappa shape index (κ3) is 3.24. The average Bonchev–Trinajstić information content (AvgIpc) is 3.02. The molecule has 1 N–H and O–H groups in total. The van der Waals surface area contributed by atoms with Gasteiger partial charge in [0.15, 0.2) is 0 Å². The van der Waals surface area contributed by atoms with E-state index in [0.717, 1.165) is 32.2 Å². The lowest BCUT2D eigenvalue weighted by atomic mass is 10.0. The number of aromatic nitrogens is 2. The molecule has 1 aliphatic heterocycles. The van der Waals surface area contributed by atoms with Crippen molar-refractivity contribution in [3.05, 3.63) is 64.1 Å². The summed E-state index contributed by atoms with van der Waals surface area (Å²) in [5.74, 6) is -0.0909. The maximum absolute atomic E-state index is 12.5. The van der Waals surface area contributed by atoms with E-state index in [2.05, 4.69) is 22.3 Å². The van der Waals surface area contributed by atoms with E-state index < -0.39 is 0 Å². The molecular formula is C17H19N3O2.